The van der Waals surface area contributed by atoms with Crippen molar-refractivity contribution in [3.8, 4) is 0 Å². The summed E-state index contributed by atoms with van der Waals surface area (Å²) in [6.45, 7) is 1.47. The van der Waals surface area contributed by atoms with E-state index in [1.54, 1.807) is 10.6 Å². The minimum Gasteiger partial charge on any atom is -0.353 e. The summed E-state index contributed by atoms with van der Waals surface area (Å²) in [6.07, 6.45) is 0. The van der Waals surface area contributed by atoms with Crippen LogP contribution in [-0.4, -0.2) is 28.3 Å². The normalized spacial score (nSPS) is 14.3. The average molecular weight is 275 g/mol. The molecule has 0 fully saturated rings. The lowest BCUT2D eigenvalue weighted by molar-refractivity contribution is 0.771. The number of fused-ring (bicyclic) bond motifs is 1. The number of benzene rings is 1. The Bertz CT molecular complexity index is 789. The van der Waals surface area contributed by atoms with Gasteiger partial charge in [-0.25, -0.2) is 0 Å². The van der Waals surface area contributed by atoms with E-state index in [0.29, 0.717) is 22.7 Å². The van der Waals surface area contributed by atoms with Gasteiger partial charge in [-0.3, -0.25) is 15.2 Å². The van der Waals surface area contributed by atoms with Gasteiger partial charge in [0, 0.05) is 13.6 Å². The summed E-state index contributed by atoms with van der Waals surface area (Å²) in [6, 6.07) is 7.39. The molecule has 0 bridgehead atoms. The maximum Gasteiger partial charge on any atom is 0.281 e. The molecule has 1 aliphatic rings. The summed E-state index contributed by atoms with van der Waals surface area (Å²) in [4.78, 5) is 16.6. The van der Waals surface area contributed by atoms with Gasteiger partial charge >= 0.3 is 0 Å². The van der Waals surface area contributed by atoms with E-state index in [1.165, 1.54) is 4.68 Å². The standard InChI is InChI=1S/C12H13N5OS/c1-16-9-5-3-2-4-8(9)10(18)17(12(16)19)15-11-13-6-7-14-11/h2-5H,6-7H2,1H3,(H2,13,14,15). The topological polar surface area (TPSA) is 63.4 Å². The van der Waals surface area contributed by atoms with Gasteiger partial charge in [-0.15, -0.1) is 0 Å². The fourth-order valence-electron chi connectivity index (χ4n) is 2.08. The number of guanidine groups is 1. The van der Waals surface area contributed by atoms with Gasteiger partial charge < -0.3 is 9.88 Å². The Kier molecular flexibility index (Phi) is 2.83. The van der Waals surface area contributed by atoms with Crippen molar-refractivity contribution in [2.24, 2.45) is 12.0 Å². The molecule has 0 radical (unpaired) electrons. The SMILES string of the molecule is Cn1c(=S)n(NC2=NCCN2)c(=O)c2ccccc21. The molecule has 6 nitrogen and oxygen atoms in total. The van der Waals surface area contributed by atoms with Crippen molar-refractivity contribution in [2.75, 3.05) is 18.5 Å². The second-order valence-electron chi connectivity index (χ2n) is 4.27. The van der Waals surface area contributed by atoms with E-state index in [9.17, 15) is 4.79 Å². The molecule has 2 heterocycles. The summed E-state index contributed by atoms with van der Waals surface area (Å²) < 4.78 is 3.55. The number of hydrogen-bond donors (Lipinski definition) is 2. The number of aromatic nitrogens is 2. The van der Waals surface area contributed by atoms with Crippen LogP contribution in [0.15, 0.2) is 34.1 Å². The van der Waals surface area contributed by atoms with Crippen molar-refractivity contribution in [2.45, 2.75) is 0 Å². The highest BCUT2D eigenvalue weighted by Gasteiger charge is 2.11. The zero-order valence-corrected chi connectivity index (χ0v) is 11.2. The quantitative estimate of drug-likeness (QED) is 0.747. The Balaban J connectivity index is 2.24. The second kappa shape index (κ2) is 4.51. The largest absolute Gasteiger partial charge is 0.353 e. The smallest absolute Gasteiger partial charge is 0.281 e. The molecule has 7 heteroatoms. The highest BCUT2D eigenvalue weighted by Crippen LogP contribution is 2.08. The van der Waals surface area contributed by atoms with Crippen molar-refractivity contribution in [1.82, 2.24) is 14.6 Å². The zero-order valence-electron chi connectivity index (χ0n) is 10.4. The summed E-state index contributed by atoms with van der Waals surface area (Å²) in [7, 11) is 1.84. The Morgan fingerprint density at radius 2 is 2.21 bits per heavy atom. The summed E-state index contributed by atoms with van der Waals surface area (Å²) >= 11 is 5.32. The van der Waals surface area contributed by atoms with Gasteiger partial charge in [0.1, 0.15) is 0 Å². The van der Waals surface area contributed by atoms with Gasteiger partial charge in [0.25, 0.3) is 5.56 Å². The fraction of sp³-hybridized carbons (Fsp3) is 0.250. The molecule has 19 heavy (non-hydrogen) atoms. The molecule has 2 N–H and O–H groups in total. The van der Waals surface area contributed by atoms with E-state index in [2.05, 4.69) is 15.7 Å². The number of aryl methyl sites for hydroxylation is 1. The van der Waals surface area contributed by atoms with E-state index in [4.69, 9.17) is 12.2 Å². The predicted octanol–water partition coefficient (Wildman–Crippen LogP) is 0.572. The molecule has 0 unspecified atom stereocenters. The molecule has 1 aromatic heterocycles. The highest BCUT2D eigenvalue weighted by molar-refractivity contribution is 7.71. The molecule has 0 atom stereocenters. The molecular formula is C12H13N5OS. The lowest BCUT2D eigenvalue weighted by Gasteiger charge is -2.14. The predicted molar refractivity (Wildman–Crippen MR) is 77.7 cm³/mol. The molecule has 0 amide bonds. The second-order valence-corrected chi connectivity index (χ2v) is 4.63. The van der Waals surface area contributed by atoms with Gasteiger partial charge in [-0.2, -0.15) is 4.68 Å². The van der Waals surface area contributed by atoms with Crippen LogP contribution in [0, 0.1) is 4.77 Å². The minimum absolute atomic E-state index is 0.171. The molecule has 0 saturated carbocycles. The third-order valence-corrected chi connectivity index (χ3v) is 3.53. The zero-order chi connectivity index (χ0) is 13.4. The average Bonchev–Trinajstić information content (AvgIpc) is 2.94. The maximum atomic E-state index is 12.4. The van der Waals surface area contributed by atoms with Crippen LogP contribution in [0.4, 0.5) is 0 Å². The Hall–Kier alpha value is -2.15. The molecule has 0 saturated heterocycles. The van der Waals surface area contributed by atoms with Crippen LogP contribution >= 0.6 is 12.2 Å². The van der Waals surface area contributed by atoms with Gasteiger partial charge in [0.05, 0.1) is 17.4 Å². The summed E-state index contributed by atoms with van der Waals surface area (Å²) in [5, 5.41) is 3.67. The number of nitrogens with one attached hydrogen (secondary N) is 2. The molecule has 0 aliphatic carbocycles. The Morgan fingerprint density at radius 3 is 2.95 bits per heavy atom. The van der Waals surface area contributed by atoms with Crippen molar-refractivity contribution in [1.29, 1.82) is 0 Å². The van der Waals surface area contributed by atoms with E-state index in [-0.39, 0.29) is 5.56 Å². The highest BCUT2D eigenvalue weighted by atomic mass is 32.1. The van der Waals surface area contributed by atoms with Crippen molar-refractivity contribution in [3.63, 3.8) is 0 Å². The first-order valence-electron chi connectivity index (χ1n) is 5.94. The van der Waals surface area contributed by atoms with E-state index in [1.807, 2.05) is 25.2 Å². The number of para-hydroxylation sites is 1. The lowest BCUT2D eigenvalue weighted by Crippen LogP contribution is -2.40. The third-order valence-electron chi connectivity index (χ3n) is 3.07. The molecular weight excluding hydrogens is 262 g/mol. The number of rotatable bonds is 1. The first-order chi connectivity index (χ1) is 9.18. The van der Waals surface area contributed by atoms with Crippen LogP contribution in [0.2, 0.25) is 0 Å². The Morgan fingerprint density at radius 1 is 1.42 bits per heavy atom. The van der Waals surface area contributed by atoms with Gasteiger partial charge in [0.15, 0.2) is 0 Å². The minimum atomic E-state index is -0.171. The van der Waals surface area contributed by atoms with Crippen LogP contribution in [0.3, 0.4) is 0 Å². The monoisotopic (exact) mass is 275 g/mol. The molecule has 1 aliphatic heterocycles. The lowest BCUT2D eigenvalue weighted by atomic mass is 10.2. The molecule has 98 valence electrons. The van der Waals surface area contributed by atoms with Crippen LogP contribution < -0.4 is 16.3 Å². The van der Waals surface area contributed by atoms with E-state index < -0.39 is 0 Å². The van der Waals surface area contributed by atoms with Crippen LogP contribution in [0.5, 0.6) is 0 Å². The fourth-order valence-corrected chi connectivity index (χ4v) is 2.31. The van der Waals surface area contributed by atoms with Crippen molar-refractivity contribution in [3.05, 3.63) is 39.4 Å². The first kappa shape index (κ1) is 11.9. The molecule has 2 aromatic rings. The van der Waals surface area contributed by atoms with E-state index in [0.717, 1.165) is 12.1 Å². The third kappa shape index (κ3) is 1.91. The first-order valence-corrected chi connectivity index (χ1v) is 6.35. The summed E-state index contributed by atoms with van der Waals surface area (Å²) in [5.74, 6) is 0.573. The van der Waals surface area contributed by atoms with Crippen molar-refractivity contribution >= 4 is 29.1 Å². The van der Waals surface area contributed by atoms with Gasteiger partial charge in [-0.1, -0.05) is 12.1 Å². The van der Waals surface area contributed by atoms with Crippen LogP contribution in [0.1, 0.15) is 0 Å². The summed E-state index contributed by atoms with van der Waals surface area (Å²) in [5.41, 5.74) is 3.57. The molecule has 1 aromatic carbocycles. The van der Waals surface area contributed by atoms with Gasteiger partial charge in [0.2, 0.25) is 10.7 Å². The van der Waals surface area contributed by atoms with Crippen LogP contribution in [-0.2, 0) is 7.05 Å². The molecule has 0 spiro atoms. The maximum absolute atomic E-state index is 12.4. The number of aliphatic imine (C=N–C) groups is 1. The Labute approximate surface area is 114 Å². The van der Waals surface area contributed by atoms with Gasteiger partial charge in [-0.05, 0) is 24.4 Å². The molecule has 3 rings (SSSR count). The van der Waals surface area contributed by atoms with Crippen LogP contribution in [0.25, 0.3) is 10.9 Å². The van der Waals surface area contributed by atoms with E-state index >= 15 is 0 Å². The number of hydrogen-bond acceptors (Lipinski definition) is 5. The number of nitrogens with zero attached hydrogens (tertiary/aromatic N) is 3. The van der Waals surface area contributed by atoms with Crippen molar-refractivity contribution < 1.29 is 0 Å².